The molecule has 0 saturated carbocycles. The van der Waals surface area contributed by atoms with Gasteiger partial charge in [-0.3, -0.25) is 9.79 Å². The normalized spacial score (nSPS) is 14.6. The van der Waals surface area contributed by atoms with Gasteiger partial charge in [-0.05, 0) is 24.0 Å². The minimum Gasteiger partial charge on any atom is -0.356 e. The molecule has 1 aliphatic rings. The predicted octanol–water partition coefficient (Wildman–Crippen LogP) is 2.50. The van der Waals surface area contributed by atoms with Gasteiger partial charge in [-0.25, -0.2) is 0 Å². The van der Waals surface area contributed by atoms with Gasteiger partial charge in [0.15, 0.2) is 5.96 Å². The fourth-order valence-electron chi connectivity index (χ4n) is 2.58. The van der Waals surface area contributed by atoms with Crippen LogP contribution in [0.3, 0.4) is 0 Å². The number of nitrogens with one attached hydrogen (secondary N) is 2. The molecule has 6 heteroatoms. The molecule has 128 valence electrons. The van der Waals surface area contributed by atoms with Crippen molar-refractivity contribution in [3.05, 3.63) is 35.4 Å². The fraction of sp³-hybridized carbons (Fsp3) is 0.529. The van der Waals surface area contributed by atoms with E-state index in [9.17, 15) is 4.79 Å². The van der Waals surface area contributed by atoms with Gasteiger partial charge in [0.2, 0.25) is 5.91 Å². The Bertz CT molecular complexity index is 533. The van der Waals surface area contributed by atoms with Crippen molar-refractivity contribution < 1.29 is 4.79 Å². The van der Waals surface area contributed by atoms with Crippen molar-refractivity contribution in [2.24, 2.45) is 4.99 Å². The second-order valence-electron chi connectivity index (χ2n) is 5.59. The van der Waals surface area contributed by atoms with E-state index in [0.717, 1.165) is 45.0 Å². The van der Waals surface area contributed by atoms with E-state index in [4.69, 9.17) is 0 Å². The smallest absolute Gasteiger partial charge is 0.222 e. The van der Waals surface area contributed by atoms with Crippen molar-refractivity contribution >= 4 is 35.8 Å². The van der Waals surface area contributed by atoms with Crippen molar-refractivity contribution in [2.45, 2.75) is 39.3 Å². The standard InChI is InChI=1S/C17H26N4O.HI/c1-3-9-19-17(18-2)20-12-14-6-4-7-15(11-14)13-21-10-5-8-16(21)22;/h4,6-7,11H,3,5,8-10,12-13H2,1-2H3,(H2,18,19,20);1H. The Hall–Kier alpha value is -1.31. The lowest BCUT2D eigenvalue weighted by Crippen LogP contribution is -2.37. The SMILES string of the molecule is CCCNC(=NC)NCc1cccc(CN2CCCC2=O)c1.I. The van der Waals surface area contributed by atoms with E-state index in [0.29, 0.717) is 6.42 Å². The predicted molar refractivity (Wildman–Crippen MR) is 105 cm³/mol. The van der Waals surface area contributed by atoms with Crippen molar-refractivity contribution in [2.75, 3.05) is 20.1 Å². The Kier molecular flexibility index (Phi) is 8.98. The summed E-state index contributed by atoms with van der Waals surface area (Å²) < 4.78 is 0. The molecule has 0 aliphatic carbocycles. The molecule has 1 aromatic rings. The Morgan fingerprint density at radius 3 is 2.74 bits per heavy atom. The molecule has 2 rings (SSSR count). The number of halogens is 1. The number of hydrogen-bond donors (Lipinski definition) is 2. The molecule has 1 aromatic carbocycles. The average Bonchev–Trinajstić information content (AvgIpc) is 2.93. The van der Waals surface area contributed by atoms with Crippen LogP contribution in [-0.2, 0) is 17.9 Å². The molecule has 0 bridgehead atoms. The van der Waals surface area contributed by atoms with Gasteiger partial charge in [-0.1, -0.05) is 31.2 Å². The summed E-state index contributed by atoms with van der Waals surface area (Å²) in [6.45, 7) is 5.37. The molecule has 5 nitrogen and oxygen atoms in total. The molecular formula is C17H27IN4O. The molecule has 0 aromatic heterocycles. The van der Waals surface area contributed by atoms with Gasteiger partial charge in [0, 0.05) is 39.6 Å². The lowest BCUT2D eigenvalue weighted by atomic mass is 10.1. The first-order chi connectivity index (χ1) is 10.7. The van der Waals surface area contributed by atoms with E-state index in [1.54, 1.807) is 7.05 Å². The van der Waals surface area contributed by atoms with Gasteiger partial charge < -0.3 is 15.5 Å². The number of benzene rings is 1. The van der Waals surface area contributed by atoms with Crippen LogP contribution in [0.1, 0.15) is 37.3 Å². The van der Waals surface area contributed by atoms with Gasteiger partial charge in [0.05, 0.1) is 0 Å². The molecule has 0 spiro atoms. The van der Waals surface area contributed by atoms with Gasteiger partial charge in [-0.2, -0.15) is 0 Å². The number of rotatable bonds is 6. The van der Waals surface area contributed by atoms with E-state index in [1.807, 2.05) is 4.90 Å². The summed E-state index contributed by atoms with van der Waals surface area (Å²) in [5, 5.41) is 6.56. The van der Waals surface area contributed by atoms with Crippen LogP contribution in [0.4, 0.5) is 0 Å². The van der Waals surface area contributed by atoms with Crippen molar-refractivity contribution in [1.29, 1.82) is 0 Å². The van der Waals surface area contributed by atoms with Crippen LogP contribution >= 0.6 is 24.0 Å². The molecule has 0 radical (unpaired) electrons. The molecule has 23 heavy (non-hydrogen) atoms. The van der Waals surface area contributed by atoms with Crippen molar-refractivity contribution in [3.63, 3.8) is 0 Å². The molecule has 1 fully saturated rings. The molecule has 0 unspecified atom stereocenters. The molecule has 1 heterocycles. The maximum atomic E-state index is 11.7. The molecule has 0 atom stereocenters. The Labute approximate surface area is 156 Å². The quantitative estimate of drug-likeness (QED) is 0.414. The zero-order valence-corrected chi connectivity index (χ0v) is 16.3. The number of nitrogens with zero attached hydrogens (tertiary/aromatic N) is 2. The minimum atomic E-state index is 0. The number of carbonyl (C=O) groups excluding carboxylic acids is 1. The van der Waals surface area contributed by atoms with Crippen molar-refractivity contribution in [3.8, 4) is 0 Å². The third kappa shape index (κ3) is 6.37. The summed E-state index contributed by atoms with van der Waals surface area (Å²) in [4.78, 5) is 17.8. The molecular weight excluding hydrogens is 403 g/mol. The van der Waals surface area contributed by atoms with Crippen LogP contribution in [-0.4, -0.2) is 36.9 Å². The number of guanidine groups is 1. The highest BCUT2D eigenvalue weighted by Gasteiger charge is 2.19. The Morgan fingerprint density at radius 1 is 1.30 bits per heavy atom. The third-order valence-corrected chi connectivity index (χ3v) is 3.76. The van der Waals surface area contributed by atoms with Gasteiger partial charge in [0.25, 0.3) is 0 Å². The average molecular weight is 430 g/mol. The van der Waals surface area contributed by atoms with Crippen LogP contribution in [0.5, 0.6) is 0 Å². The lowest BCUT2D eigenvalue weighted by molar-refractivity contribution is -0.128. The monoisotopic (exact) mass is 430 g/mol. The van der Waals surface area contributed by atoms with Crippen LogP contribution in [0.15, 0.2) is 29.3 Å². The number of carbonyl (C=O) groups is 1. The van der Waals surface area contributed by atoms with E-state index in [1.165, 1.54) is 11.1 Å². The van der Waals surface area contributed by atoms with Crippen LogP contribution < -0.4 is 10.6 Å². The number of amides is 1. The maximum absolute atomic E-state index is 11.7. The summed E-state index contributed by atoms with van der Waals surface area (Å²) in [7, 11) is 1.78. The van der Waals surface area contributed by atoms with Crippen LogP contribution in [0, 0.1) is 0 Å². The lowest BCUT2D eigenvalue weighted by Gasteiger charge is -2.16. The zero-order valence-electron chi connectivity index (χ0n) is 14.0. The summed E-state index contributed by atoms with van der Waals surface area (Å²) in [5.74, 6) is 1.09. The van der Waals surface area contributed by atoms with Crippen LogP contribution in [0.25, 0.3) is 0 Å². The maximum Gasteiger partial charge on any atom is 0.222 e. The highest BCUT2D eigenvalue weighted by Crippen LogP contribution is 2.15. The first-order valence-electron chi connectivity index (χ1n) is 8.03. The number of likely N-dealkylation sites (tertiary alicyclic amines) is 1. The minimum absolute atomic E-state index is 0. The fourth-order valence-corrected chi connectivity index (χ4v) is 2.58. The Morgan fingerprint density at radius 2 is 2.09 bits per heavy atom. The number of hydrogen-bond acceptors (Lipinski definition) is 2. The van der Waals surface area contributed by atoms with Crippen LogP contribution in [0.2, 0.25) is 0 Å². The molecule has 1 aliphatic heterocycles. The summed E-state index contributed by atoms with van der Waals surface area (Å²) in [6.07, 6.45) is 2.75. The highest BCUT2D eigenvalue weighted by molar-refractivity contribution is 14.0. The first-order valence-corrected chi connectivity index (χ1v) is 8.03. The zero-order chi connectivity index (χ0) is 15.8. The topological polar surface area (TPSA) is 56.7 Å². The van der Waals surface area contributed by atoms with E-state index in [2.05, 4.69) is 46.8 Å². The second-order valence-corrected chi connectivity index (χ2v) is 5.59. The molecule has 1 saturated heterocycles. The first kappa shape index (κ1) is 19.7. The van der Waals surface area contributed by atoms with Gasteiger partial charge in [0.1, 0.15) is 0 Å². The summed E-state index contributed by atoms with van der Waals surface area (Å²) >= 11 is 0. The van der Waals surface area contributed by atoms with E-state index in [-0.39, 0.29) is 29.9 Å². The van der Waals surface area contributed by atoms with Crippen molar-refractivity contribution in [1.82, 2.24) is 15.5 Å². The molecule has 1 amide bonds. The second kappa shape index (κ2) is 10.5. The third-order valence-electron chi connectivity index (χ3n) is 3.76. The highest BCUT2D eigenvalue weighted by atomic mass is 127. The van der Waals surface area contributed by atoms with E-state index >= 15 is 0 Å². The Balaban J connectivity index is 0.00000264. The number of aliphatic imine (C=N–C) groups is 1. The molecule has 2 N–H and O–H groups in total. The van der Waals surface area contributed by atoms with E-state index < -0.39 is 0 Å². The summed E-state index contributed by atoms with van der Waals surface area (Å²) in [5.41, 5.74) is 2.38. The largest absolute Gasteiger partial charge is 0.356 e. The van der Waals surface area contributed by atoms with Gasteiger partial charge in [-0.15, -0.1) is 24.0 Å². The van der Waals surface area contributed by atoms with Gasteiger partial charge >= 0.3 is 0 Å². The summed E-state index contributed by atoms with van der Waals surface area (Å²) in [6, 6.07) is 8.38.